The first kappa shape index (κ1) is 15.3. The van der Waals surface area contributed by atoms with Gasteiger partial charge in [-0.25, -0.2) is 0 Å². The number of hydrogen-bond donors (Lipinski definition) is 1. The number of nitrogens with zero attached hydrogens (tertiary/aromatic N) is 1. The Bertz CT molecular complexity index is 406. The molecule has 0 spiro atoms. The molecule has 19 heavy (non-hydrogen) atoms. The van der Waals surface area contributed by atoms with Crippen molar-refractivity contribution in [3.63, 3.8) is 0 Å². The van der Waals surface area contributed by atoms with Gasteiger partial charge in [0, 0.05) is 18.7 Å². The van der Waals surface area contributed by atoms with Crippen molar-refractivity contribution in [3.05, 3.63) is 24.3 Å². The van der Waals surface area contributed by atoms with Crippen molar-refractivity contribution in [1.29, 1.82) is 0 Å². The van der Waals surface area contributed by atoms with Gasteiger partial charge in [-0.1, -0.05) is 6.07 Å². The summed E-state index contributed by atoms with van der Waals surface area (Å²) in [5, 5.41) is 8.82. The Labute approximate surface area is 113 Å². The van der Waals surface area contributed by atoms with Crippen LogP contribution in [-0.2, 0) is 4.79 Å². The summed E-state index contributed by atoms with van der Waals surface area (Å²) in [6.45, 7) is 4.97. The topological polar surface area (TPSA) is 59.0 Å². The van der Waals surface area contributed by atoms with Crippen molar-refractivity contribution in [2.75, 3.05) is 26.8 Å². The second-order valence-electron chi connectivity index (χ2n) is 4.49. The van der Waals surface area contributed by atoms with Crippen LogP contribution in [0.25, 0.3) is 0 Å². The SMILES string of the molecule is COc1cccc(OCCN(CC(=O)O)C(C)C)c1. The van der Waals surface area contributed by atoms with E-state index in [0.717, 1.165) is 11.5 Å². The lowest BCUT2D eigenvalue weighted by atomic mass is 10.3. The normalized spacial score (nSPS) is 10.8. The predicted octanol–water partition coefficient (Wildman–Crippen LogP) is 1.87. The van der Waals surface area contributed by atoms with Crippen molar-refractivity contribution in [1.82, 2.24) is 4.90 Å². The zero-order valence-corrected chi connectivity index (χ0v) is 11.6. The number of carboxylic acid groups (broad SMARTS) is 1. The molecule has 106 valence electrons. The van der Waals surface area contributed by atoms with Gasteiger partial charge in [-0.3, -0.25) is 9.69 Å². The number of benzene rings is 1. The highest BCUT2D eigenvalue weighted by Crippen LogP contribution is 2.18. The minimum absolute atomic E-state index is 0.0269. The number of methoxy groups -OCH3 is 1. The smallest absolute Gasteiger partial charge is 0.317 e. The lowest BCUT2D eigenvalue weighted by Crippen LogP contribution is -2.38. The van der Waals surface area contributed by atoms with Crippen LogP contribution in [0.4, 0.5) is 0 Å². The highest BCUT2D eigenvalue weighted by Gasteiger charge is 2.13. The Morgan fingerprint density at radius 1 is 1.37 bits per heavy atom. The third kappa shape index (κ3) is 5.61. The fourth-order valence-corrected chi connectivity index (χ4v) is 1.67. The summed E-state index contributed by atoms with van der Waals surface area (Å²) in [7, 11) is 1.60. The average Bonchev–Trinajstić information content (AvgIpc) is 2.37. The van der Waals surface area contributed by atoms with E-state index in [1.54, 1.807) is 13.2 Å². The molecule has 0 fully saturated rings. The molecule has 0 aliphatic carbocycles. The second-order valence-corrected chi connectivity index (χ2v) is 4.49. The molecule has 1 aromatic carbocycles. The van der Waals surface area contributed by atoms with Gasteiger partial charge in [-0.15, -0.1) is 0 Å². The van der Waals surface area contributed by atoms with E-state index in [0.29, 0.717) is 13.2 Å². The van der Waals surface area contributed by atoms with E-state index in [2.05, 4.69) is 0 Å². The van der Waals surface area contributed by atoms with Gasteiger partial charge >= 0.3 is 5.97 Å². The number of rotatable bonds is 8. The van der Waals surface area contributed by atoms with Crippen molar-refractivity contribution < 1.29 is 19.4 Å². The minimum atomic E-state index is -0.824. The molecule has 5 nitrogen and oxygen atoms in total. The van der Waals surface area contributed by atoms with Crippen molar-refractivity contribution in [2.24, 2.45) is 0 Å². The summed E-state index contributed by atoms with van der Waals surface area (Å²) in [5.41, 5.74) is 0. The zero-order chi connectivity index (χ0) is 14.3. The molecule has 0 saturated carbocycles. The summed E-state index contributed by atoms with van der Waals surface area (Å²) < 4.78 is 10.7. The van der Waals surface area contributed by atoms with Gasteiger partial charge in [0.05, 0.1) is 13.7 Å². The van der Waals surface area contributed by atoms with E-state index in [4.69, 9.17) is 14.6 Å². The molecule has 0 aromatic heterocycles. The molecule has 0 amide bonds. The van der Waals surface area contributed by atoms with Gasteiger partial charge in [0.15, 0.2) is 0 Å². The van der Waals surface area contributed by atoms with Crippen LogP contribution in [0.3, 0.4) is 0 Å². The average molecular weight is 267 g/mol. The van der Waals surface area contributed by atoms with Crippen LogP contribution in [0, 0.1) is 0 Å². The first-order valence-electron chi connectivity index (χ1n) is 6.25. The Morgan fingerprint density at radius 3 is 2.63 bits per heavy atom. The maximum Gasteiger partial charge on any atom is 0.317 e. The van der Waals surface area contributed by atoms with E-state index in [1.807, 2.05) is 36.9 Å². The lowest BCUT2D eigenvalue weighted by Gasteiger charge is -2.24. The van der Waals surface area contributed by atoms with Gasteiger partial charge in [-0.2, -0.15) is 0 Å². The van der Waals surface area contributed by atoms with Crippen LogP contribution in [-0.4, -0.2) is 48.8 Å². The van der Waals surface area contributed by atoms with E-state index >= 15 is 0 Å². The monoisotopic (exact) mass is 267 g/mol. The van der Waals surface area contributed by atoms with Gasteiger partial charge in [0.25, 0.3) is 0 Å². The second kappa shape index (κ2) is 7.63. The Hall–Kier alpha value is -1.75. The third-order valence-corrected chi connectivity index (χ3v) is 2.76. The fourth-order valence-electron chi connectivity index (χ4n) is 1.67. The minimum Gasteiger partial charge on any atom is -0.497 e. The third-order valence-electron chi connectivity index (χ3n) is 2.76. The van der Waals surface area contributed by atoms with Crippen molar-refractivity contribution in [3.8, 4) is 11.5 Å². The molecule has 0 saturated heterocycles. The molecule has 0 bridgehead atoms. The van der Waals surface area contributed by atoms with Crippen LogP contribution >= 0.6 is 0 Å². The lowest BCUT2D eigenvalue weighted by molar-refractivity contribution is -0.138. The van der Waals surface area contributed by atoms with Gasteiger partial charge < -0.3 is 14.6 Å². The molecule has 0 aliphatic rings. The van der Waals surface area contributed by atoms with E-state index < -0.39 is 5.97 Å². The van der Waals surface area contributed by atoms with Crippen molar-refractivity contribution >= 4 is 5.97 Å². The zero-order valence-electron chi connectivity index (χ0n) is 11.6. The maximum absolute atomic E-state index is 10.7. The molecule has 0 aliphatic heterocycles. The molecule has 1 N–H and O–H groups in total. The summed E-state index contributed by atoms with van der Waals surface area (Å²) >= 11 is 0. The van der Waals surface area contributed by atoms with Gasteiger partial charge in [0.1, 0.15) is 18.1 Å². The number of hydrogen-bond acceptors (Lipinski definition) is 4. The standard InChI is InChI=1S/C14H21NO4/c1-11(2)15(10-14(16)17)7-8-19-13-6-4-5-12(9-13)18-3/h4-6,9,11H,7-8,10H2,1-3H3,(H,16,17). The highest BCUT2D eigenvalue weighted by atomic mass is 16.5. The van der Waals surface area contributed by atoms with Gasteiger partial charge in [-0.05, 0) is 26.0 Å². The van der Waals surface area contributed by atoms with Crippen molar-refractivity contribution in [2.45, 2.75) is 19.9 Å². The quantitative estimate of drug-likeness (QED) is 0.779. The first-order chi connectivity index (χ1) is 9.02. The Morgan fingerprint density at radius 2 is 2.05 bits per heavy atom. The van der Waals surface area contributed by atoms with Crippen LogP contribution in [0.15, 0.2) is 24.3 Å². The van der Waals surface area contributed by atoms with Crippen LogP contribution in [0.2, 0.25) is 0 Å². The first-order valence-corrected chi connectivity index (χ1v) is 6.25. The number of ether oxygens (including phenoxy) is 2. The highest BCUT2D eigenvalue weighted by molar-refractivity contribution is 5.69. The summed E-state index contributed by atoms with van der Waals surface area (Å²) in [4.78, 5) is 12.6. The molecule has 0 heterocycles. The summed E-state index contributed by atoms with van der Waals surface area (Å²) in [5.74, 6) is 0.636. The molecular formula is C14H21NO4. The Kier molecular flexibility index (Phi) is 6.15. The molecule has 1 rings (SSSR count). The van der Waals surface area contributed by atoms with E-state index in [1.165, 1.54) is 0 Å². The largest absolute Gasteiger partial charge is 0.497 e. The molecule has 0 atom stereocenters. The number of carboxylic acids is 1. The van der Waals surface area contributed by atoms with Gasteiger partial charge in [0.2, 0.25) is 0 Å². The van der Waals surface area contributed by atoms with Crippen LogP contribution < -0.4 is 9.47 Å². The van der Waals surface area contributed by atoms with E-state index in [9.17, 15) is 4.79 Å². The van der Waals surface area contributed by atoms with E-state index in [-0.39, 0.29) is 12.6 Å². The Balaban J connectivity index is 2.44. The fraction of sp³-hybridized carbons (Fsp3) is 0.500. The predicted molar refractivity (Wildman–Crippen MR) is 72.8 cm³/mol. The molecule has 5 heteroatoms. The number of carbonyl (C=O) groups is 1. The van der Waals surface area contributed by atoms with Crippen LogP contribution in [0.5, 0.6) is 11.5 Å². The maximum atomic E-state index is 10.7. The number of aliphatic carboxylic acids is 1. The molecular weight excluding hydrogens is 246 g/mol. The summed E-state index contributed by atoms with van der Waals surface area (Å²) in [6, 6.07) is 7.52. The van der Waals surface area contributed by atoms with Crippen LogP contribution in [0.1, 0.15) is 13.8 Å². The summed E-state index contributed by atoms with van der Waals surface area (Å²) in [6.07, 6.45) is 0. The molecule has 1 aromatic rings. The molecule has 0 unspecified atom stereocenters. The molecule has 0 radical (unpaired) electrons.